The number of nitrogens with zero attached hydrogens (tertiary/aromatic N) is 2. The number of hydrogen-bond acceptors (Lipinski definition) is 3. The molecule has 108 valence electrons. The smallest absolute Gasteiger partial charge is 0.130 e. The first-order chi connectivity index (χ1) is 10.3. The Kier molecular flexibility index (Phi) is 6.00. The first-order valence-corrected chi connectivity index (χ1v) is 7.51. The van der Waals surface area contributed by atoms with Crippen molar-refractivity contribution in [2.75, 3.05) is 6.61 Å². The molecule has 0 heterocycles. The first kappa shape index (κ1) is 15.3. The Hall–Kier alpha value is -2.10. The van der Waals surface area contributed by atoms with E-state index in [2.05, 4.69) is 0 Å². The summed E-state index contributed by atoms with van der Waals surface area (Å²) in [7, 11) is 0. The maximum absolute atomic E-state index is 8.85. The number of ether oxygens (including phenoxy) is 1. The van der Waals surface area contributed by atoms with Crippen LogP contribution in [0.4, 0.5) is 0 Å². The van der Waals surface area contributed by atoms with Crippen molar-refractivity contribution >= 4 is 6.08 Å². The molecule has 2 rings (SSSR count). The third kappa shape index (κ3) is 4.74. The van der Waals surface area contributed by atoms with Gasteiger partial charge in [-0.3, -0.25) is 0 Å². The SMILES string of the molecule is N#CC(C#N)=Cc1ccccc1COCC1CCCCC1. The highest BCUT2D eigenvalue weighted by Crippen LogP contribution is 2.24. The van der Waals surface area contributed by atoms with Crippen molar-refractivity contribution in [3.8, 4) is 12.1 Å². The summed E-state index contributed by atoms with van der Waals surface area (Å²) < 4.78 is 5.85. The van der Waals surface area contributed by atoms with Crippen molar-refractivity contribution in [1.29, 1.82) is 10.5 Å². The van der Waals surface area contributed by atoms with Crippen LogP contribution in [0.15, 0.2) is 29.8 Å². The maximum Gasteiger partial charge on any atom is 0.130 e. The molecule has 1 aromatic carbocycles. The van der Waals surface area contributed by atoms with Crippen molar-refractivity contribution in [1.82, 2.24) is 0 Å². The van der Waals surface area contributed by atoms with Crippen LogP contribution in [0.5, 0.6) is 0 Å². The number of rotatable bonds is 5. The first-order valence-electron chi connectivity index (χ1n) is 7.51. The van der Waals surface area contributed by atoms with Gasteiger partial charge >= 0.3 is 0 Å². The molecule has 0 amide bonds. The normalized spacial score (nSPS) is 15.0. The number of allylic oxidation sites excluding steroid dienone is 1. The van der Waals surface area contributed by atoms with Gasteiger partial charge in [-0.15, -0.1) is 0 Å². The zero-order valence-electron chi connectivity index (χ0n) is 12.2. The molecule has 3 heteroatoms. The molecule has 0 bridgehead atoms. The van der Waals surface area contributed by atoms with E-state index in [-0.39, 0.29) is 5.57 Å². The Balaban J connectivity index is 1.95. The van der Waals surface area contributed by atoms with E-state index in [1.165, 1.54) is 32.1 Å². The van der Waals surface area contributed by atoms with Crippen LogP contribution in [0.2, 0.25) is 0 Å². The van der Waals surface area contributed by atoms with Gasteiger partial charge in [0.05, 0.1) is 6.61 Å². The van der Waals surface area contributed by atoms with Gasteiger partial charge in [-0.1, -0.05) is 43.5 Å². The Morgan fingerprint density at radius 1 is 1.14 bits per heavy atom. The van der Waals surface area contributed by atoms with Crippen LogP contribution in [-0.2, 0) is 11.3 Å². The highest BCUT2D eigenvalue weighted by Gasteiger charge is 2.13. The molecule has 3 nitrogen and oxygen atoms in total. The van der Waals surface area contributed by atoms with E-state index in [9.17, 15) is 0 Å². The highest BCUT2D eigenvalue weighted by molar-refractivity contribution is 5.64. The molecule has 1 fully saturated rings. The zero-order valence-corrected chi connectivity index (χ0v) is 12.2. The fourth-order valence-electron chi connectivity index (χ4n) is 2.74. The van der Waals surface area contributed by atoms with Crippen molar-refractivity contribution < 1.29 is 4.74 Å². The minimum Gasteiger partial charge on any atom is -0.376 e. The summed E-state index contributed by atoms with van der Waals surface area (Å²) in [6.07, 6.45) is 8.17. The monoisotopic (exact) mass is 280 g/mol. The van der Waals surface area contributed by atoms with E-state index < -0.39 is 0 Å². The van der Waals surface area contributed by atoms with Gasteiger partial charge < -0.3 is 4.74 Å². The summed E-state index contributed by atoms with van der Waals surface area (Å²) in [5.74, 6) is 0.690. The number of hydrogen-bond donors (Lipinski definition) is 0. The summed E-state index contributed by atoms with van der Waals surface area (Å²) in [6.45, 7) is 1.34. The fraction of sp³-hybridized carbons (Fsp3) is 0.444. The number of benzene rings is 1. The molecular weight excluding hydrogens is 260 g/mol. The molecule has 21 heavy (non-hydrogen) atoms. The van der Waals surface area contributed by atoms with Gasteiger partial charge in [0.1, 0.15) is 17.7 Å². The fourth-order valence-corrected chi connectivity index (χ4v) is 2.74. The van der Waals surface area contributed by atoms with Crippen LogP contribution in [0, 0.1) is 28.6 Å². The Morgan fingerprint density at radius 2 is 1.86 bits per heavy atom. The molecule has 0 atom stereocenters. The van der Waals surface area contributed by atoms with Gasteiger partial charge in [0.2, 0.25) is 0 Å². The van der Waals surface area contributed by atoms with Gasteiger partial charge in [0.15, 0.2) is 0 Å². The second kappa shape index (κ2) is 8.25. The summed E-state index contributed by atoms with van der Waals surface area (Å²) in [5.41, 5.74) is 2.03. The van der Waals surface area contributed by atoms with Crippen molar-refractivity contribution in [2.45, 2.75) is 38.7 Å². The molecule has 0 saturated heterocycles. The highest BCUT2D eigenvalue weighted by atomic mass is 16.5. The van der Waals surface area contributed by atoms with Gasteiger partial charge in [0.25, 0.3) is 0 Å². The minimum atomic E-state index is 0.120. The summed E-state index contributed by atoms with van der Waals surface area (Å²) in [6, 6.07) is 11.5. The second-order valence-corrected chi connectivity index (χ2v) is 5.50. The third-order valence-corrected chi connectivity index (χ3v) is 3.93. The minimum absolute atomic E-state index is 0.120. The van der Waals surface area contributed by atoms with Gasteiger partial charge in [0, 0.05) is 6.61 Å². The van der Waals surface area contributed by atoms with Crippen LogP contribution < -0.4 is 0 Å². The van der Waals surface area contributed by atoms with E-state index in [1.807, 2.05) is 36.4 Å². The molecule has 0 aromatic heterocycles. The van der Waals surface area contributed by atoms with E-state index in [4.69, 9.17) is 15.3 Å². The number of nitriles is 2. The zero-order chi connectivity index (χ0) is 14.9. The van der Waals surface area contributed by atoms with E-state index in [0.717, 1.165) is 17.7 Å². The lowest BCUT2D eigenvalue weighted by molar-refractivity contribution is 0.0738. The average Bonchev–Trinajstić information content (AvgIpc) is 2.55. The molecule has 1 aliphatic carbocycles. The lowest BCUT2D eigenvalue weighted by Crippen LogP contribution is -2.13. The van der Waals surface area contributed by atoms with Gasteiger partial charge in [-0.25, -0.2) is 0 Å². The van der Waals surface area contributed by atoms with E-state index >= 15 is 0 Å². The Morgan fingerprint density at radius 3 is 2.57 bits per heavy atom. The quantitative estimate of drug-likeness (QED) is 0.759. The van der Waals surface area contributed by atoms with Crippen LogP contribution in [0.1, 0.15) is 43.2 Å². The lowest BCUT2D eigenvalue weighted by Gasteiger charge is -2.21. The lowest BCUT2D eigenvalue weighted by atomic mass is 9.90. The standard InChI is InChI=1S/C18H20N2O/c19-11-16(12-20)10-17-8-4-5-9-18(17)14-21-13-15-6-2-1-3-7-15/h4-5,8-10,15H,1-3,6-7,13-14H2. The molecule has 1 saturated carbocycles. The molecule has 0 spiro atoms. The van der Waals surface area contributed by atoms with Gasteiger partial charge in [-0.05, 0) is 36.0 Å². The predicted molar refractivity (Wildman–Crippen MR) is 81.9 cm³/mol. The summed E-state index contributed by atoms with van der Waals surface area (Å²) in [5, 5.41) is 17.7. The summed E-state index contributed by atoms with van der Waals surface area (Å²) >= 11 is 0. The van der Waals surface area contributed by atoms with Crippen molar-refractivity contribution in [3.05, 3.63) is 41.0 Å². The van der Waals surface area contributed by atoms with Crippen LogP contribution in [0.3, 0.4) is 0 Å². The van der Waals surface area contributed by atoms with E-state index in [1.54, 1.807) is 6.08 Å². The second-order valence-electron chi connectivity index (χ2n) is 5.50. The van der Waals surface area contributed by atoms with Crippen molar-refractivity contribution in [2.24, 2.45) is 5.92 Å². The van der Waals surface area contributed by atoms with Crippen LogP contribution >= 0.6 is 0 Å². The topological polar surface area (TPSA) is 56.8 Å². The molecular formula is C18H20N2O. The predicted octanol–water partition coefficient (Wildman–Crippen LogP) is 4.21. The van der Waals surface area contributed by atoms with Crippen molar-refractivity contribution in [3.63, 3.8) is 0 Å². The summed E-state index contributed by atoms with van der Waals surface area (Å²) in [4.78, 5) is 0. The largest absolute Gasteiger partial charge is 0.376 e. The van der Waals surface area contributed by atoms with Crippen LogP contribution in [0.25, 0.3) is 6.08 Å². The molecule has 0 aliphatic heterocycles. The maximum atomic E-state index is 8.85. The molecule has 1 aliphatic rings. The Bertz CT molecular complexity index is 556. The molecule has 0 radical (unpaired) electrons. The van der Waals surface area contributed by atoms with Crippen LogP contribution in [-0.4, -0.2) is 6.61 Å². The third-order valence-electron chi connectivity index (χ3n) is 3.93. The molecule has 0 N–H and O–H groups in total. The Labute approximate surface area is 126 Å². The van der Waals surface area contributed by atoms with E-state index in [0.29, 0.717) is 12.5 Å². The average molecular weight is 280 g/mol. The molecule has 1 aromatic rings. The van der Waals surface area contributed by atoms with Gasteiger partial charge in [-0.2, -0.15) is 10.5 Å². The molecule has 0 unspecified atom stereocenters.